The fraction of sp³-hybridized carbons (Fsp3) is 0.586. The van der Waals surface area contributed by atoms with Gasteiger partial charge in [0.15, 0.2) is 0 Å². The van der Waals surface area contributed by atoms with Crippen LogP contribution in [0.25, 0.3) is 0 Å². The van der Waals surface area contributed by atoms with Crippen LogP contribution in [0, 0.1) is 35.5 Å². The number of rotatable bonds is 2. The summed E-state index contributed by atoms with van der Waals surface area (Å²) in [4.78, 5) is 0. The van der Waals surface area contributed by atoms with E-state index in [1.54, 1.807) is 22.3 Å². The van der Waals surface area contributed by atoms with Gasteiger partial charge in [-0.2, -0.15) is 0 Å². The second-order valence-corrected chi connectivity index (χ2v) is 11.0. The van der Waals surface area contributed by atoms with Crippen molar-refractivity contribution in [2.24, 2.45) is 35.5 Å². The molecule has 0 amide bonds. The maximum atomic E-state index is 2.58. The summed E-state index contributed by atoms with van der Waals surface area (Å²) in [7, 11) is 0. The first-order chi connectivity index (χ1) is 14.2. The van der Waals surface area contributed by atoms with Crippen LogP contribution >= 0.6 is 0 Å². The first-order valence-corrected chi connectivity index (χ1v) is 12.4. The Kier molecular flexibility index (Phi) is 4.40. The van der Waals surface area contributed by atoms with Crippen LogP contribution in [0.4, 0.5) is 0 Å². The highest BCUT2D eigenvalue weighted by molar-refractivity contribution is 5.36. The number of hydrogen-bond donors (Lipinski definition) is 0. The van der Waals surface area contributed by atoms with Gasteiger partial charge in [0.05, 0.1) is 0 Å². The molecule has 0 heterocycles. The molecule has 0 saturated heterocycles. The molecule has 4 aliphatic rings. The number of aryl methyl sites for hydroxylation is 2. The predicted molar refractivity (Wildman–Crippen MR) is 121 cm³/mol. The van der Waals surface area contributed by atoms with Crippen molar-refractivity contribution in [3.05, 3.63) is 70.8 Å². The summed E-state index contributed by atoms with van der Waals surface area (Å²) in [6.45, 7) is 5.16. The molecule has 2 aromatic rings. The molecular weight excluding hydrogens is 348 g/mol. The monoisotopic (exact) mass is 384 g/mol. The van der Waals surface area contributed by atoms with Crippen LogP contribution in [0.1, 0.15) is 80.0 Å². The van der Waals surface area contributed by atoms with E-state index < -0.39 is 0 Å². The second kappa shape index (κ2) is 7.00. The van der Waals surface area contributed by atoms with E-state index in [9.17, 15) is 0 Å². The van der Waals surface area contributed by atoms with E-state index in [4.69, 9.17) is 0 Å². The average Bonchev–Trinajstić information content (AvgIpc) is 3.25. The van der Waals surface area contributed by atoms with E-state index in [0.717, 1.165) is 47.3 Å². The molecule has 0 aliphatic heterocycles. The summed E-state index contributed by atoms with van der Waals surface area (Å²) < 4.78 is 0. The zero-order valence-electron chi connectivity index (χ0n) is 18.2. The van der Waals surface area contributed by atoms with Crippen LogP contribution in [0.3, 0.4) is 0 Å². The van der Waals surface area contributed by atoms with Gasteiger partial charge in [0.25, 0.3) is 0 Å². The second-order valence-electron chi connectivity index (χ2n) is 11.0. The van der Waals surface area contributed by atoms with Crippen molar-refractivity contribution in [2.75, 3.05) is 0 Å². The lowest BCUT2D eigenvalue weighted by Gasteiger charge is -2.37. The van der Waals surface area contributed by atoms with Crippen LogP contribution in [0.5, 0.6) is 0 Å². The molecule has 0 heteroatoms. The highest BCUT2D eigenvalue weighted by atomic mass is 14.5. The molecule has 0 N–H and O–H groups in total. The minimum atomic E-state index is 0.847. The van der Waals surface area contributed by atoms with Gasteiger partial charge >= 0.3 is 0 Å². The molecule has 2 fully saturated rings. The molecule has 8 atom stereocenters. The minimum Gasteiger partial charge on any atom is -0.0622 e. The van der Waals surface area contributed by atoms with Gasteiger partial charge in [0.2, 0.25) is 0 Å². The Balaban J connectivity index is 1.25. The number of fused-ring (bicyclic) bond motifs is 6. The Bertz CT molecular complexity index is 821. The van der Waals surface area contributed by atoms with Crippen LogP contribution in [0.2, 0.25) is 0 Å². The van der Waals surface area contributed by atoms with Gasteiger partial charge in [0, 0.05) is 0 Å². The average molecular weight is 385 g/mol. The Labute approximate surface area is 177 Å². The maximum absolute atomic E-state index is 2.58. The Morgan fingerprint density at radius 1 is 0.655 bits per heavy atom. The number of hydrogen-bond acceptors (Lipinski definition) is 0. The topological polar surface area (TPSA) is 0 Å². The molecular formula is C29H36. The molecule has 2 aromatic carbocycles. The van der Waals surface area contributed by atoms with E-state index in [0.29, 0.717) is 0 Å². The highest BCUT2D eigenvalue weighted by Crippen LogP contribution is 2.59. The lowest BCUT2D eigenvalue weighted by Crippen LogP contribution is -2.28. The molecule has 2 saturated carbocycles. The fourth-order valence-electron chi connectivity index (χ4n) is 8.51. The molecule has 29 heavy (non-hydrogen) atoms. The third-order valence-electron chi connectivity index (χ3n) is 9.79. The van der Waals surface area contributed by atoms with Gasteiger partial charge in [-0.05, 0) is 115 Å². The van der Waals surface area contributed by atoms with E-state index in [1.165, 1.54) is 44.9 Å². The summed E-state index contributed by atoms with van der Waals surface area (Å²) in [5, 5.41) is 0. The molecule has 0 aromatic heterocycles. The molecule has 0 radical (unpaired) electrons. The summed E-state index contributed by atoms with van der Waals surface area (Å²) in [5.41, 5.74) is 6.73. The van der Waals surface area contributed by atoms with Crippen molar-refractivity contribution in [3.8, 4) is 0 Å². The summed E-state index contributed by atoms with van der Waals surface area (Å²) in [5.74, 6) is 7.30. The third-order valence-corrected chi connectivity index (χ3v) is 9.79. The molecule has 8 unspecified atom stereocenters. The third kappa shape index (κ3) is 2.85. The predicted octanol–water partition coefficient (Wildman–Crippen LogP) is 7.38. The van der Waals surface area contributed by atoms with Gasteiger partial charge in [-0.15, -0.1) is 0 Å². The van der Waals surface area contributed by atoms with Gasteiger partial charge in [0.1, 0.15) is 0 Å². The minimum absolute atomic E-state index is 0.847. The normalized spacial score (nSPS) is 40.1. The summed E-state index contributed by atoms with van der Waals surface area (Å²) >= 11 is 0. The van der Waals surface area contributed by atoms with E-state index in [1.807, 2.05) is 0 Å². The van der Waals surface area contributed by atoms with Gasteiger partial charge in [-0.25, -0.2) is 0 Å². The first kappa shape index (κ1) is 18.2. The summed E-state index contributed by atoms with van der Waals surface area (Å²) in [6, 6.07) is 18.7. The van der Waals surface area contributed by atoms with Crippen LogP contribution < -0.4 is 0 Å². The molecule has 4 aliphatic carbocycles. The van der Waals surface area contributed by atoms with Crippen LogP contribution in [-0.2, 0) is 12.8 Å². The lowest BCUT2D eigenvalue weighted by molar-refractivity contribution is 0.177. The van der Waals surface area contributed by atoms with Crippen LogP contribution in [0.15, 0.2) is 48.5 Å². The zero-order valence-corrected chi connectivity index (χ0v) is 18.2. The maximum Gasteiger partial charge on any atom is -0.0125 e. The first-order valence-electron chi connectivity index (χ1n) is 12.4. The number of benzene rings is 2. The van der Waals surface area contributed by atoms with Crippen molar-refractivity contribution >= 4 is 0 Å². The van der Waals surface area contributed by atoms with E-state index in [-0.39, 0.29) is 0 Å². The standard InChI is InChI=1S/C29H36/c1-18-15-28-22-9-5-3-7-20(22)11-13-24(28)26(18)17-27-19(2)16-29-23-10-6-4-8-21(23)12-14-25(27)29/h3-10,18-19,24-29H,11-17H2,1-2H3. The molecule has 152 valence electrons. The Morgan fingerprint density at radius 3 is 1.59 bits per heavy atom. The molecule has 0 nitrogen and oxygen atoms in total. The zero-order chi connectivity index (χ0) is 19.5. The molecule has 0 bridgehead atoms. The van der Waals surface area contributed by atoms with E-state index >= 15 is 0 Å². The van der Waals surface area contributed by atoms with Gasteiger partial charge in [-0.3, -0.25) is 0 Å². The molecule has 6 rings (SSSR count). The van der Waals surface area contributed by atoms with E-state index in [2.05, 4.69) is 62.4 Å². The van der Waals surface area contributed by atoms with Crippen LogP contribution in [-0.4, -0.2) is 0 Å². The smallest absolute Gasteiger partial charge is 0.0125 e. The van der Waals surface area contributed by atoms with Crippen molar-refractivity contribution < 1.29 is 0 Å². The molecule has 0 spiro atoms. The fourth-order valence-corrected chi connectivity index (χ4v) is 8.51. The van der Waals surface area contributed by atoms with Crippen molar-refractivity contribution in [1.29, 1.82) is 0 Å². The van der Waals surface area contributed by atoms with Crippen molar-refractivity contribution in [1.82, 2.24) is 0 Å². The van der Waals surface area contributed by atoms with Gasteiger partial charge < -0.3 is 0 Å². The Morgan fingerprint density at radius 2 is 1.10 bits per heavy atom. The quantitative estimate of drug-likeness (QED) is 0.506. The highest BCUT2D eigenvalue weighted by Gasteiger charge is 2.49. The van der Waals surface area contributed by atoms with Gasteiger partial charge in [-0.1, -0.05) is 62.4 Å². The van der Waals surface area contributed by atoms with Crippen molar-refractivity contribution in [3.63, 3.8) is 0 Å². The SMILES string of the molecule is CC1CC2c3ccccc3CCC2C1CC1C(C)CC2c3ccccc3CCC21. The Hall–Kier alpha value is -1.56. The lowest BCUT2D eigenvalue weighted by atomic mass is 9.68. The summed E-state index contributed by atoms with van der Waals surface area (Å²) in [6.07, 6.45) is 9.90. The largest absolute Gasteiger partial charge is 0.0622 e. The van der Waals surface area contributed by atoms with Crippen molar-refractivity contribution in [2.45, 2.75) is 70.6 Å².